The fraction of sp³-hybridized carbons (Fsp3) is 0.500. The zero-order chi connectivity index (χ0) is 16.3. The van der Waals surface area contributed by atoms with Crippen LogP contribution in [-0.4, -0.2) is 14.7 Å². The fourth-order valence-electron chi connectivity index (χ4n) is 2.49. The minimum absolute atomic E-state index is 0.0679. The first-order valence-corrected chi connectivity index (χ1v) is 7.93. The fourth-order valence-corrected chi connectivity index (χ4v) is 2.49. The van der Waals surface area contributed by atoms with Gasteiger partial charge >= 0.3 is 5.69 Å². The van der Waals surface area contributed by atoms with E-state index in [0.29, 0.717) is 18.7 Å². The van der Waals surface area contributed by atoms with E-state index in [0.717, 1.165) is 18.4 Å². The van der Waals surface area contributed by atoms with Crippen LogP contribution in [0.1, 0.15) is 57.4 Å². The summed E-state index contributed by atoms with van der Waals surface area (Å²) in [6, 6.07) is 8.33. The van der Waals surface area contributed by atoms with Crippen LogP contribution in [0.15, 0.2) is 29.1 Å². The molecule has 0 radical (unpaired) electrons. The first-order valence-electron chi connectivity index (χ1n) is 7.93. The summed E-state index contributed by atoms with van der Waals surface area (Å²) >= 11 is 0. The van der Waals surface area contributed by atoms with Gasteiger partial charge in [-0.05, 0) is 23.0 Å². The average molecular weight is 302 g/mol. The number of nitrogens with zero attached hydrogens (tertiary/aromatic N) is 1. The van der Waals surface area contributed by atoms with Crippen LogP contribution in [0.25, 0.3) is 0 Å². The summed E-state index contributed by atoms with van der Waals surface area (Å²) in [5.74, 6) is 0.0679. The minimum atomic E-state index is -0.229. The Balaban J connectivity index is 2.19. The summed E-state index contributed by atoms with van der Waals surface area (Å²) < 4.78 is 1.42. The van der Waals surface area contributed by atoms with E-state index in [1.54, 1.807) is 0 Å². The lowest BCUT2D eigenvalue weighted by Gasteiger charge is -2.19. The van der Waals surface area contributed by atoms with E-state index in [1.807, 2.05) is 0 Å². The maximum absolute atomic E-state index is 11.9. The molecule has 0 fully saturated rings. The van der Waals surface area contributed by atoms with Crippen LogP contribution in [0, 0.1) is 0 Å². The van der Waals surface area contributed by atoms with Crippen molar-refractivity contribution in [3.8, 4) is 5.88 Å². The van der Waals surface area contributed by atoms with Crippen molar-refractivity contribution in [2.75, 3.05) is 0 Å². The molecule has 0 aliphatic heterocycles. The van der Waals surface area contributed by atoms with Crippen molar-refractivity contribution in [3.05, 3.63) is 51.6 Å². The molecule has 0 amide bonds. The third-order valence-corrected chi connectivity index (χ3v) is 3.96. The van der Waals surface area contributed by atoms with Crippen molar-refractivity contribution in [1.29, 1.82) is 0 Å². The van der Waals surface area contributed by atoms with Gasteiger partial charge in [0.1, 0.15) is 0 Å². The van der Waals surface area contributed by atoms with Crippen LogP contribution in [0.5, 0.6) is 5.88 Å². The molecule has 2 rings (SSSR count). The van der Waals surface area contributed by atoms with Crippen LogP contribution in [0.4, 0.5) is 0 Å². The molecule has 4 nitrogen and oxygen atoms in total. The zero-order valence-corrected chi connectivity index (χ0v) is 13.9. The summed E-state index contributed by atoms with van der Waals surface area (Å²) in [6.07, 6.45) is 2.40. The number of aromatic amines is 1. The van der Waals surface area contributed by atoms with E-state index < -0.39 is 0 Å². The highest BCUT2D eigenvalue weighted by Gasteiger charge is 2.15. The molecule has 1 aromatic carbocycles. The molecule has 0 aliphatic carbocycles. The van der Waals surface area contributed by atoms with Gasteiger partial charge in [0.15, 0.2) is 0 Å². The van der Waals surface area contributed by atoms with Crippen molar-refractivity contribution in [3.63, 3.8) is 0 Å². The van der Waals surface area contributed by atoms with Crippen molar-refractivity contribution < 1.29 is 5.11 Å². The van der Waals surface area contributed by atoms with Gasteiger partial charge in [-0.1, -0.05) is 58.4 Å². The molecule has 0 unspecified atom stereocenters. The van der Waals surface area contributed by atoms with Gasteiger partial charge in [0, 0.05) is 13.0 Å². The van der Waals surface area contributed by atoms with Gasteiger partial charge in [0.05, 0.1) is 5.69 Å². The van der Waals surface area contributed by atoms with Crippen molar-refractivity contribution >= 4 is 0 Å². The van der Waals surface area contributed by atoms with Crippen LogP contribution in [0.2, 0.25) is 0 Å². The largest absolute Gasteiger partial charge is 0.493 e. The number of nitrogens with one attached hydrogen (secondary N) is 1. The van der Waals surface area contributed by atoms with E-state index >= 15 is 0 Å². The van der Waals surface area contributed by atoms with Crippen LogP contribution < -0.4 is 5.69 Å². The maximum Gasteiger partial charge on any atom is 0.328 e. The summed E-state index contributed by atoms with van der Waals surface area (Å²) in [6.45, 7) is 9.16. The molecular formula is C18H26N2O2. The molecule has 0 aliphatic rings. The van der Waals surface area contributed by atoms with E-state index in [-0.39, 0.29) is 17.0 Å². The van der Waals surface area contributed by atoms with Crippen LogP contribution in [0.3, 0.4) is 0 Å². The number of hydrogen-bond acceptors (Lipinski definition) is 2. The molecule has 0 spiro atoms. The van der Waals surface area contributed by atoms with E-state index in [9.17, 15) is 9.90 Å². The number of rotatable bonds is 5. The summed E-state index contributed by atoms with van der Waals surface area (Å²) in [5.41, 5.74) is 2.83. The first-order chi connectivity index (χ1) is 10.3. The van der Waals surface area contributed by atoms with Crippen LogP contribution >= 0.6 is 0 Å². The number of benzene rings is 1. The summed E-state index contributed by atoms with van der Waals surface area (Å²) in [5, 5.41) is 10.2. The number of unbranched alkanes of at least 4 members (excludes halogenated alkanes) is 1. The molecule has 0 atom stereocenters. The Bertz CT molecular complexity index is 673. The standard InChI is InChI=1S/C18H26N2O2/c1-5-6-11-20-16(21)15(19-17(20)22)12-13-7-9-14(10-8-13)18(2,3)4/h7-10,21H,5-6,11-12H2,1-4H3,(H,19,22). The van der Waals surface area contributed by atoms with E-state index in [1.165, 1.54) is 10.1 Å². The van der Waals surface area contributed by atoms with Gasteiger partial charge in [0.25, 0.3) is 0 Å². The molecule has 1 heterocycles. The lowest BCUT2D eigenvalue weighted by Crippen LogP contribution is -2.16. The zero-order valence-electron chi connectivity index (χ0n) is 13.9. The molecule has 0 saturated heterocycles. The molecule has 2 N–H and O–H groups in total. The number of aromatic nitrogens is 2. The molecule has 120 valence electrons. The Morgan fingerprint density at radius 1 is 1.18 bits per heavy atom. The average Bonchev–Trinajstić information content (AvgIpc) is 2.71. The maximum atomic E-state index is 11.9. The predicted molar refractivity (Wildman–Crippen MR) is 89.6 cm³/mol. The Kier molecular flexibility index (Phi) is 4.79. The molecule has 4 heteroatoms. The second-order valence-corrected chi connectivity index (χ2v) is 6.86. The molecule has 2 aromatic rings. The molecular weight excluding hydrogens is 276 g/mol. The monoisotopic (exact) mass is 302 g/mol. The third kappa shape index (κ3) is 3.62. The topological polar surface area (TPSA) is 58.0 Å². The normalized spacial score (nSPS) is 11.8. The van der Waals surface area contributed by atoms with Gasteiger partial charge in [-0.3, -0.25) is 4.57 Å². The van der Waals surface area contributed by atoms with Gasteiger partial charge in [0.2, 0.25) is 5.88 Å². The van der Waals surface area contributed by atoms with Crippen LogP contribution in [-0.2, 0) is 18.4 Å². The smallest absolute Gasteiger partial charge is 0.328 e. The Labute approximate surface area is 131 Å². The summed E-state index contributed by atoms with van der Waals surface area (Å²) in [4.78, 5) is 14.7. The Hall–Kier alpha value is -1.97. The predicted octanol–water partition coefficient (Wildman–Crippen LogP) is 3.57. The minimum Gasteiger partial charge on any atom is -0.493 e. The Morgan fingerprint density at radius 2 is 1.82 bits per heavy atom. The van der Waals surface area contributed by atoms with Gasteiger partial charge < -0.3 is 10.1 Å². The Morgan fingerprint density at radius 3 is 2.36 bits per heavy atom. The molecule has 22 heavy (non-hydrogen) atoms. The highest BCUT2D eigenvalue weighted by molar-refractivity contribution is 5.32. The quantitative estimate of drug-likeness (QED) is 0.887. The third-order valence-electron chi connectivity index (χ3n) is 3.96. The van der Waals surface area contributed by atoms with Gasteiger partial charge in [-0.2, -0.15) is 0 Å². The van der Waals surface area contributed by atoms with Gasteiger partial charge in [-0.15, -0.1) is 0 Å². The van der Waals surface area contributed by atoms with Crippen molar-refractivity contribution in [2.24, 2.45) is 0 Å². The number of imidazole rings is 1. The second kappa shape index (κ2) is 6.42. The van der Waals surface area contributed by atoms with Gasteiger partial charge in [-0.25, -0.2) is 4.79 Å². The first kappa shape index (κ1) is 16.4. The van der Waals surface area contributed by atoms with Crippen molar-refractivity contribution in [1.82, 2.24) is 9.55 Å². The molecule has 0 saturated carbocycles. The number of aromatic hydroxyl groups is 1. The van der Waals surface area contributed by atoms with E-state index in [2.05, 4.69) is 56.9 Å². The second-order valence-electron chi connectivity index (χ2n) is 6.86. The van der Waals surface area contributed by atoms with Crippen molar-refractivity contribution in [2.45, 2.75) is 58.9 Å². The summed E-state index contributed by atoms with van der Waals surface area (Å²) in [7, 11) is 0. The SMILES string of the molecule is CCCCn1c(O)c(Cc2ccc(C(C)(C)C)cc2)[nH]c1=O. The number of H-pyrrole nitrogens is 1. The number of hydrogen-bond donors (Lipinski definition) is 2. The highest BCUT2D eigenvalue weighted by atomic mass is 16.3. The lowest BCUT2D eigenvalue weighted by molar-refractivity contribution is 0.404. The lowest BCUT2D eigenvalue weighted by atomic mass is 9.86. The molecule has 1 aromatic heterocycles. The van der Waals surface area contributed by atoms with E-state index in [4.69, 9.17) is 0 Å². The molecule has 0 bridgehead atoms. The highest BCUT2D eigenvalue weighted by Crippen LogP contribution is 2.24.